The Balaban J connectivity index is 0. The second kappa shape index (κ2) is 30.0. The molecular formula is C36H42Br2Cl3FK2N10O5P2. The molecule has 0 spiro atoms. The summed E-state index contributed by atoms with van der Waals surface area (Å²) >= 11 is 23.3. The maximum atomic E-state index is 12.9. The molecule has 0 bridgehead atoms. The Kier molecular flexibility index (Phi) is 28.8. The molecular weight excluding hydrogens is 1080 g/mol. The number of hydrogen-bond donors (Lipinski definition) is 2. The molecule has 4 aromatic heterocycles. The molecule has 320 valence electrons. The van der Waals surface area contributed by atoms with Crippen LogP contribution in [0.25, 0.3) is 22.3 Å². The van der Waals surface area contributed by atoms with E-state index in [-0.39, 0.29) is 121 Å². The predicted octanol–water partition coefficient (Wildman–Crippen LogP) is 2.85. The van der Waals surface area contributed by atoms with E-state index in [2.05, 4.69) is 72.2 Å². The van der Waals surface area contributed by atoms with Crippen molar-refractivity contribution in [2.75, 3.05) is 44.9 Å². The summed E-state index contributed by atoms with van der Waals surface area (Å²) < 4.78 is 45.6. The second-order valence-electron chi connectivity index (χ2n) is 12.3. The molecule has 15 nitrogen and oxygen atoms in total. The Morgan fingerprint density at radius 2 is 1.28 bits per heavy atom. The molecule has 0 fully saturated rings. The van der Waals surface area contributed by atoms with Gasteiger partial charge in [-0.1, -0.05) is 23.7 Å². The van der Waals surface area contributed by atoms with Crippen LogP contribution in [0.1, 0.15) is 16.6 Å². The van der Waals surface area contributed by atoms with Crippen LogP contribution in [0.3, 0.4) is 0 Å². The van der Waals surface area contributed by atoms with Gasteiger partial charge in [0, 0.05) is 65.3 Å². The first-order valence-corrected chi connectivity index (χ1v) is 24.7. The minimum atomic E-state index is -2.55. The Morgan fingerprint density at radius 3 is 1.69 bits per heavy atom. The fourth-order valence-electron chi connectivity index (χ4n) is 4.71. The Bertz CT molecular complexity index is 2440. The molecule has 0 aliphatic carbocycles. The number of nitrogens with two attached hydrogens (primary N) is 1. The molecule has 0 saturated heterocycles. The molecule has 25 heteroatoms. The number of benzene rings is 2. The first-order chi connectivity index (χ1) is 28.2. The molecule has 6 rings (SSSR count). The number of alkyl halides is 1. The number of aryl methyl sites for hydroxylation is 2. The van der Waals surface area contributed by atoms with Crippen molar-refractivity contribution in [3.63, 3.8) is 0 Å². The van der Waals surface area contributed by atoms with Gasteiger partial charge in [-0.05, 0) is 131 Å². The Labute approximate surface area is 473 Å². The van der Waals surface area contributed by atoms with E-state index in [0.717, 1.165) is 51.6 Å². The average molecular weight is 1120 g/mol. The van der Waals surface area contributed by atoms with Crippen LogP contribution < -0.4 is 130 Å². The quantitative estimate of drug-likeness (QED) is 0.0313. The van der Waals surface area contributed by atoms with Crippen molar-refractivity contribution >= 4 is 115 Å². The van der Waals surface area contributed by atoms with Gasteiger partial charge in [-0.25, -0.2) is 15.0 Å². The van der Waals surface area contributed by atoms with Crippen molar-refractivity contribution in [3.05, 3.63) is 98.2 Å². The Hall–Kier alpha value is -0.457. The van der Waals surface area contributed by atoms with Gasteiger partial charge in [0.15, 0.2) is 0 Å². The topological polar surface area (TPSA) is 209 Å². The number of carbonyl (C=O) groups excluding carboxylic acids is 1. The third-order valence-corrected chi connectivity index (χ3v) is 12.6. The standard InChI is InChI=1S/C17H18BrClN5OP.C13H18N3OP.C4HBrCl2N2.CH3F.CH2O3.2K.H/c1-4-24-10-12(8-21-24)11-5-6-14(15(7-11)26(2,3)25)22-16-13(18)9-20-17(19)23-16;1-4-16-9-11(8-15-16)10-5-6-12(14)13(7-10)18(2,3)17;5-2-1-8-4(7)9-3(2)6;1-2;2-1-4-3;;;/h5-10H,4H2,1-3H3,(H,20,22,23);5-9H,4,14H2,1-3H3;1H;1H3;1,3H;;;/q;;;;;2*+1;-1/p-1/i;;;1D;;;;. The molecule has 0 unspecified atom stereocenters. The molecule has 0 amide bonds. The largest absolute Gasteiger partial charge is 1.00 e. The summed E-state index contributed by atoms with van der Waals surface area (Å²) in [6.07, 6.45) is 10.6. The van der Waals surface area contributed by atoms with Gasteiger partial charge >= 0.3 is 103 Å². The van der Waals surface area contributed by atoms with Crippen LogP contribution in [0.5, 0.6) is 0 Å². The fourth-order valence-corrected chi connectivity index (χ4v) is 7.94. The zero-order chi connectivity index (χ0) is 45.2. The number of carbonyl (C=O) groups is 1. The van der Waals surface area contributed by atoms with Crippen LogP contribution in [0.4, 0.5) is 21.6 Å². The van der Waals surface area contributed by atoms with E-state index in [4.69, 9.17) is 52.0 Å². The molecule has 0 saturated carbocycles. The average Bonchev–Trinajstić information content (AvgIpc) is 3.89. The van der Waals surface area contributed by atoms with E-state index in [1.807, 2.05) is 84.4 Å². The minimum absolute atomic E-state index is 0. The fraction of sp³-hybridized carbons (Fsp3) is 0.250. The number of nitrogens with one attached hydrogen (secondary N) is 1. The maximum absolute atomic E-state index is 12.9. The van der Waals surface area contributed by atoms with E-state index >= 15 is 0 Å². The number of aromatic nitrogens is 8. The summed E-state index contributed by atoms with van der Waals surface area (Å²) in [5.74, 6) is 0.520. The van der Waals surface area contributed by atoms with Crippen LogP contribution in [0, 0.1) is 0 Å². The molecule has 4 heterocycles. The molecule has 0 aliphatic heterocycles. The van der Waals surface area contributed by atoms with Crippen molar-refractivity contribution in [1.82, 2.24) is 39.5 Å². The van der Waals surface area contributed by atoms with E-state index < -0.39 is 21.4 Å². The van der Waals surface area contributed by atoms with E-state index in [9.17, 15) is 13.5 Å². The van der Waals surface area contributed by atoms with Crippen LogP contribution >= 0.6 is 80.9 Å². The predicted molar refractivity (Wildman–Crippen MR) is 242 cm³/mol. The van der Waals surface area contributed by atoms with Gasteiger partial charge in [-0.3, -0.25) is 18.5 Å². The maximum Gasteiger partial charge on any atom is 1.00 e. The van der Waals surface area contributed by atoms with Crippen LogP contribution in [-0.2, 0) is 31.9 Å². The molecule has 6 aromatic rings. The zero-order valence-corrected chi connectivity index (χ0v) is 48.0. The van der Waals surface area contributed by atoms with Crippen molar-refractivity contribution < 1.29 is 134 Å². The second-order valence-corrected chi connectivity index (χ2v) is 21.4. The van der Waals surface area contributed by atoms with Crippen LogP contribution in [-0.4, -0.2) is 79.8 Å². The molecule has 0 aliphatic rings. The number of anilines is 3. The third kappa shape index (κ3) is 20.3. The molecule has 2 aromatic carbocycles. The molecule has 0 radical (unpaired) electrons. The normalized spacial score (nSPS) is 10.5. The first kappa shape index (κ1) is 58.6. The Morgan fingerprint density at radius 1 is 0.836 bits per heavy atom. The van der Waals surface area contributed by atoms with Gasteiger partial charge in [-0.2, -0.15) is 15.2 Å². The van der Waals surface area contributed by atoms with Crippen molar-refractivity contribution in [2.24, 2.45) is 0 Å². The summed E-state index contributed by atoms with van der Waals surface area (Å²) in [6, 6.07) is 11.5. The SMILES string of the molecule is CCn1cc(-c2ccc(N)c(P(C)(C)=O)c2)cn1.CCn1cc(-c2ccc(Nc3nc(Cl)ncc3Br)c(P(C)(C)=O)c2)cn1.Clc1ncc(Br)c(Cl)n1.O=CO[O-].[2H]CF.[H-].[K+].[K+]. The van der Waals surface area contributed by atoms with E-state index in [0.29, 0.717) is 25.6 Å². The summed E-state index contributed by atoms with van der Waals surface area (Å²) in [5, 5.41) is 22.3. The number of halogens is 6. The number of hydrogen-bond acceptors (Lipinski definition) is 13. The first-order valence-electron chi connectivity index (χ1n) is 17.5. The van der Waals surface area contributed by atoms with Gasteiger partial charge in [0.1, 0.15) is 25.3 Å². The van der Waals surface area contributed by atoms with Gasteiger partial charge in [0.25, 0.3) is 6.47 Å². The van der Waals surface area contributed by atoms with Crippen molar-refractivity contribution in [2.45, 2.75) is 26.9 Å². The molecule has 3 N–H and O–H groups in total. The number of rotatable bonds is 9. The third-order valence-electron chi connectivity index (χ3n) is 7.45. The monoisotopic (exact) mass is 1120 g/mol. The van der Waals surface area contributed by atoms with Crippen LogP contribution in [0.15, 0.2) is 82.5 Å². The smallest absolute Gasteiger partial charge is 1.00 e. The molecule has 0 atom stereocenters. The summed E-state index contributed by atoms with van der Waals surface area (Å²) in [5.41, 5.74) is 11.2. The zero-order valence-electron chi connectivity index (χ0n) is 36.5. The summed E-state index contributed by atoms with van der Waals surface area (Å²) in [4.78, 5) is 26.7. The van der Waals surface area contributed by atoms with Gasteiger partial charge in [0.2, 0.25) is 10.6 Å². The summed E-state index contributed by atoms with van der Waals surface area (Å²) in [6.45, 7) is 12.5. The van der Waals surface area contributed by atoms with Crippen LogP contribution in [0.2, 0.25) is 15.7 Å². The summed E-state index contributed by atoms with van der Waals surface area (Å²) in [7, 11) is -5.90. The minimum Gasteiger partial charge on any atom is -1.00 e. The van der Waals surface area contributed by atoms with E-state index in [1.165, 1.54) is 6.20 Å². The van der Waals surface area contributed by atoms with Crippen molar-refractivity contribution in [3.8, 4) is 22.3 Å². The number of nitrogen functional groups attached to an aromatic ring is 1. The number of nitrogens with zero attached hydrogens (tertiary/aromatic N) is 8. The van der Waals surface area contributed by atoms with Gasteiger partial charge in [-0.15, -0.1) is 0 Å². The van der Waals surface area contributed by atoms with Gasteiger partial charge in [0.05, 0.1) is 35.6 Å². The van der Waals surface area contributed by atoms with E-state index in [1.54, 1.807) is 32.9 Å². The van der Waals surface area contributed by atoms with Gasteiger partial charge < -0.3 is 31.8 Å². The molecule has 61 heavy (non-hydrogen) atoms. The van der Waals surface area contributed by atoms with Crippen molar-refractivity contribution in [1.29, 1.82) is 0 Å².